The Kier molecular flexibility index (Phi) is 4.37. The van der Waals surface area contributed by atoms with E-state index in [4.69, 9.17) is 11.6 Å². The first kappa shape index (κ1) is 12.8. The van der Waals surface area contributed by atoms with E-state index in [0.29, 0.717) is 17.1 Å². The number of nitrogens with zero attached hydrogens (tertiary/aromatic N) is 1. The van der Waals surface area contributed by atoms with Gasteiger partial charge < -0.3 is 5.11 Å². The third-order valence-corrected chi connectivity index (χ3v) is 3.74. The molecule has 1 aromatic carbocycles. The molecule has 1 aliphatic heterocycles. The number of rotatable bonds is 3. The van der Waals surface area contributed by atoms with Gasteiger partial charge in [0.05, 0.1) is 6.61 Å². The van der Waals surface area contributed by atoms with Crippen molar-refractivity contribution >= 4 is 11.6 Å². The Morgan fingerprint density at radius 2 is 2.24 bits per heavy atom. The van der Waals surface area contributed by atoms with Gasteiger partial charge in [-0.15, -0.1) is 0 Å². The molecule has 0 unspecified atom stereocenters. The zero-order valence-corrected chi connectivity index (χ0v) is 10.5. The molecular weight excluding hydrogens is 241 g/mol. The molecule has 1 atom stereocenters. The van der Waals surface area contributed by atoms with E-state index in [-0.39, 0.29) is 18.5 Å². The van der Waals surface area contributed by atoms with Gasteiger partial charge in [-0.25, -0.2) is 4.39 Å². The van der Waals surface area contributed by atoms with Gasteiger partial charge in [0, 0.05) is 23.2 Å². The first-order valence-electron chi connectivity index (χ1n) is 6.00. The van der Waals surface area contributed by atoms with Gasteiger partial charge in [-0.3, -0.25) is 4.90 Å². The van der Waals surface area contributed by atoms with Crippen LogP contribution in [0.5, 0.6) is 0 Å². The van der Waals surface area contributed by atoms with E-state index in [0.717, 1.165) is 25.8 Å². The molecule has 94 valence electrons. The monoisotopic (exact) mass is 257 g/mol. The zero-order valence-electron chi connectivity index (χ0n) is 9.70. The fourth-order valence-electron chi connectivity index (χ4n) is 2.36. The van der Waals surface area contributed by atoms with Crippen molar-refractivity contribution in [1.82, 2.24) is 4.90 Å². The standard InChI is InChI=1S/C13H17ClFNO/c14-12-5-3-6-13(15)11(12)8-16-7-2-1-4-10(16)9-17/h3,5-6,10,17H,1-2,4,7-9H2/t10-/m1/s1. The summed E-state index contributed by atoms with van der Waals surface area (Å²) in [6, 6.07) is 4.89. The highest BCUT2D eigenvalue weighted by atomic mass is 35.5. The van der Waals surface area contributed by atoms with Crippen molar-refractivity contribution in [2.75, 3.05) is 13.2 Å². The molecule has 0 spiro atoms. The molecule has 2 rings (SSSR count). The Balaban J connectivity index is 2.13. The highest BCUT2D eigenvalue weighted by Crippen LogP contribution is 2.24. The van der Waals surface area contributed by atoms with Crippen LogP contribution in [0, 0.1) is 5.82 Å². The van der Waals surface area contributed by atoms with Gasteiger partial charge in [0.2, 0.25) is 0 Å². The summed E-state index contributed by atoms with van der Waals surface area (Å²) in [5.74, 6) is -0.264. The highest BCUT2D eigenvalue weighted by molar-refractivity contribution is 6.31. The smallest absolute Gasteiger partial charge is 0.129 e. The van der Waals surface area contributed by atoms with Crippen LogP contribution >= 0.6 is 11.6 Å². The van der Waals surface area contributed by atoms with Crippen molar-refractivity contribution in [2.24, 2.45) is 0 Å². The molecule has 2 nitrogen and oxygen atoms in total. The molecule has 1 aromatic rings. The molecular formula is C13H17ClFNO. The summed E-state index contributed by atoms with van der Waals surface area (Å²) in [5.41, 5.74) is 0.537. The highest BCUT2D eigenvalue weighted by Gasteiger charge is 2.23. The fourth-order valence-corrected chi connectivity index (χ4v) is 2.58. The molecule has 0 aromatic heterocycles. The Bertz CT molecular complexity index is 365. The number of benzene rings is 1. The maximum absolute atomic E-state index is 13.7. The number of halogens is 2. The van der Waals surface area contributed by atoms with Gasteiger partial charge in [-0.05, 0) is 31.5 Å². The predicted molar refractivity (Wildman–Crippen MR) is 66.5 cm³/mol. The molecule has 17 heavy (non-hydrogen) atoms. The van der Waals surface area contributed by atoms with E-state index in [1.54, 1.807) is 12.1 Å². The van der Waals surface area contributed by atoms with Crippen molar-refractivity contribution in [2.45, 2.75) is 31.8 Å². The third-order valence-electron chi connectivity index (χ3n) is 3.38. The second kappa shape index (κ2) is 5.80. The van der Waals surface area contributed by atoms with Crippen LogP contribution in [0.15, 0.2) is 18.2 Å². The molecule has 0 amide bonds. The molecule has 0 saturated carbocycles. The lowest BCUT2D eigenvalue weighted by atomic mass is 10.0. The van der Waals surface area contributed by atoms with E-state index in [9.17, 15) is 9.50 Å². The summed E-state index contributed by atoms with van der Waals surface area (Å²) in [4.78, 5) is 2.12. The van der Waals surface area contributed by atoms with Crippen LogP contribution in [0.1, 0.15) is 24.8 Å². The fraction of sp³-hybridized carbons (Fsp3) is 0.538. The van der Waals surface area contributed by atoms with Crippen LogP contribution in [0.2, 0.25) is 5.02 Å². The molecule has 0 bridgehead atoms. The number of likely N-dealkylation sites (tertiary alicyclic amines) is 1. The number of aliphatic hydroxyl groups is 1. The maximum Gasteiger partial charge on any atom is 0.129 e. The van der Waals surface area contributed by atoms with Crippen molar-refractivity contribution < 1.29 is 9.50 Å². The minimum Gasteiger partial charge on any atom is -0.395 e. The van der Waals surface area contributed by atoms with Crippen LogP contribution in [-0.2, 0) is 6.54 Å². The van der Waals surface area contributed by atoms with Gasteiger partial charge in [-0.1, -0.05) is 24.1 Å². The quantitative estimate of drug-likeness (QED) is 0.900. The minimum atomic E-state index is -0.264. The molecule has 1 aliphatic rings. The van der Waals surface area contributed by atoms with Crippen molar-refractivity contribution in [3.63, 3.8) is 0 Å². The second-order valence-electron chi connectivity index (χ2n) is 4.50. The third kappa shape index (κ3) is 2.97. The van der Waals surface area contributed by atoms with Gasteiger partial charge in [0.15, 0.2) is 0 Å². The van der Waals surface area contributed by atoms with Crippen LogP contribution < -0.4 is 0 Å². The average Bonchev–Trinajstić information content (AvgIpc) is 2.34. The lowest BCUT2D eigenvalue weighted by Gasteiger charge is -2.34. The summed E-state index contributed by atoms with van der Waals surface area (Å²) in [7, 11) is 0. The van der Waals surface area contributed by atoms with Crippen LogP contribution in [0.4, 0.5) is 4.39 Å². The molecule has 1 saturated heterocycles. The number of aliphatic hydroxyl groups excluding tert-OH is 1. The normalized spacial score (nSPS) is 21.7. The number of hydrogen-bond acceptors (Lipinski definition) is 2. The lowest BCUT2D eigenvalue weighted by Crippen LogP contribution is -2.41. The molecule has 0 radical (unpaired) electrons. The van der Waals surface area contributed by atoms with Gasteiger partial charge >= 0.3 is 0 Å². The molecule has 1 heterocycles. The van der Waals surface area contributed by atoms with Crippen molar-refractivity contribution in [3.8, 4) is 0 Å². The van der Waals surface area contributed by atoms with Gasteiger partial charge in [0.25, 0.3) is 0 Å². The Morgan fingerprint density at radius 1 is 1.41 bits per heavy atom. The lowest BCUT2D eigenvalue weighted by molar-refractivity contribution is 0.0832. The van der Waals surface area contributed by atoms with E-state index in [1.807, 2.05) is 0 Å². The zero-order chi connectivity index (χ0) is 12.3. The number of piperidine rings is 1. The van der Waals surface area contributed by atoms with Gasteiger partial charge in [0.1, 0.15) is 5.82 Å². The van der Waals surface area contributed by atoms with Crippen LogP contribution in [0.3, 0.4) is 0 Å². The Labute approximate surface area is 106 Å². The van der Waals surface area contributed by atoms with E-state index in [2.05, 4.69) is 4.90 Å². The average molecular weight is 258 g/mol. The maximum atomic E-state index is 13.7. The summed E-state index contributed by atoms with van der Waals surface area (Å²) >= 11 is 6.01. The Hall–Kier alpha value is -0.640. The Morgan fingerprint density at radius 3 is 2.94 bits per heavy atom. The SMILES string of the molecule is OC[C@H]1CCCCN1Cc1c(F)cccc1Cl. The molecule has 1 N–H and O–H groups in total. The largest absolute Gasteiger partial charge is 0.395 e. The summed E-state index contributed by atoms with van der Waals surface area (Å²) < 4.78 is 13.7. The second-order valence-corrected chi connectivity index (χ2v) is 4.91. The van der Waals surface area contributed by atoms with Crippen LogP contribution in [0.25, 0.3) is 0 Å². The first-order valence-corrected chi connectivity index (χ1v) is 6.38. The molecule has 0 aliphatic carbocycles. The predicted octanol–water partition coefficient (Wildman–Crippen LogP) is 2.83. The topological polar surface area (TPSA) is 23.5 Å². The van der Waals surface area contributed by atoms with E-state index < -0.39 is 0 Å². The van der Waals surface area contributed by atoms with E-state index >= 15 is 0 Å². The van der Waals surface area contributed by atoms with Crippen LogP contribution in [-0.4, -0.2) is 29.2 Å². The van der Waals surface area contributed by atoms with Crippen molar-refractivity contribution in [1.29, 1.82) is 0 Å². The van der Waals surface area contributed by atoms with Gasteiger partial charge in [-0.2, -0.15) is 0 Å². The first-order chi connectivity index (χ1) is 8.22. The summed E-state index contributed by atoms with van der Waals surface area (Å²) in [6.07, 6.45) is 3.21. The van der Waals surface area contributed by atoms with E-state index in [1.165, 1.54) is 6.07 Å². The van der Waals surface area contributed by atoms with Crippen molar-refractivity contribution in [3.05, 3.63) is 34.6 Å². The molecule has 1 fully saturated rings. The minimum absolute atomic E-state index is 0.131. The summed E-state index contributed by atoms with van der Waals surface area (Å²) in [5, 5.41) is 9.77. The number of hydrogen-bond donors (Lipinski definition) is 1. The molecule has 4 heteroatoms. The summed E-state index contributed by atoms with van der Waals surface area (Å²) in [6.45, 7) is 1.51.